The number of H-pyrrole nitrogens is 1. The minimum absolute atomic E-state index is 0.112. The number of hydrogen-bond acceptors (Lipinski definition) is 4. The molecule has 0 saturated carbocycles. The Kier molecular flexibility index (Phi) is 4.90. The summed E-state index contributed by atoms with van der Waals surface area (Å²) in [5.74, 6) is 0.892. The number of aryl methyl sites for hydroxylation is 1. The Hall–Kier alpha value is -2.27. The summed E-state index contributed by atoms with van der Waals surface area (Å²) in [5, 5.41) is 0.532. The zero-order valence-electron chi connectivity index (χ0n) is 14.0. The molecular formula is C19H20N2O2S. The largest absolute Gasteiger partial charge is 0.497 e. The Bertz CT molecular complexity index is 855. The lowest BCUT2D eigenvalue weighted by Crippen LogP contribution is -2.13. The molecule has 0 aliphatic rings. The average molecular weight is 340 g/mol. The summed E-state index contributed by atoms with van der Waals surface area (Å²) in [6, 6.07) is 13.5. The van der Waals surface area contributed by atoms with Gasteiger partial charge in [-0.25, -0.2) is 4.98 Å². The normalized spacial score (nSPS) is 12.3. The second-order valence-corrected chi connectivity index (χ2v) is 6.93. The molecule has 24 heavy (non-hydrogen) atoms. The number of nitrogens with zero attached hydrogens (tertiary/aromatic N) is 1. The van der Waals surface area contributed by atoms with Crippen molar-refractivity contribution in [3.63, 3.8) is 0 Å². The van der Waals surface area contributed by atoms with Crippen molar-refractivity contribution in [3.05, 3.63) is 53.6 Å². The number of Topliss-reactive ketones (excluding diaryl/α,β-unsaturated/α-hetero) is 1. The first-order chi connectivity index (χ1) is 11.6. The minimum Gasteiger partial charge on any atom is -0.497 e. The van der Waals surface area contributed by atoms with Gasteiger partial charge in [0, 0.05) is 11.6 Å². The number of thioether (sulfide) groups is 1. The van der Waals surface area contributed by atoms with Gasteiger partial charge in [-0.2, -0.15) is 0 Å². The summed E-state index contributed by atoms with van der Waals surface area (Å²) in [7, 11) is 1.64. The number of benzene rings is 2. The maximum atomic E-state index is 12.6. The summed E-state index contributed by atoms with van der Waals surface area (Å²) in [5.41, 5.74) is 3.75. The summed E-state index contributed by atoms with van der Waals surface area (Å²) in [6.45, 7) is 4.01. The van der Waals surface area contributed by atoms with Crippen LogP contribution in [0.15, 0.2) is 47.6 Å². The molecule has 1 atom stereocenters. The highest BCUT2D eigenvalue weighted by Gasteiger charge is 2.18. The fourth-order valence-electron chi connectivity index (χ4n) is 2.51. The van der Waals surface area contributed by atoms with Crippen molar-refractivity contribution in [1.82, 2.24) is 9.97 Å². The van der Waals surface area contributed by atoms with E-state index in [2.05, 4.69) is 16.9 Å². The molecule has 0 saturated heterocycles. The van der Waals surface area contributed by atoms with Crippen molar-refractivity contribution in [2.24, 2.45) is 0 Å². The van der Waals surface area contributed by atoms with Gasteiger partial charge < -0.3 is 9.72 Å². The summed E-state index contributed by atoms with van der Waals surface area (Å²) < 4.78 is 5.22. The molecule has 0 unspecified atom stereocenters. The number of imidazole rings is 1. The fraction of sp³-hybridized carbons (Fsp3) is 0.263. The topological polar surface area (TPSA) is 55.0 Å². The molecule has 5 heteroatoms. The van der Waals surface area contributed by atoms with E-state index < -0.39 is 0 Å². The van der Waals surface area contributed by atoms with E-state index in [0.717, 1.165) is 33.9 Å². The van der Waals surface area contributed by atoms with Crippen LogP contribution in [0.1, 0.15) is 29.8 Å². The van der Waals surface area contributed by atoms with Gasteiger partial charge in [-0.05, 0) is 31.0 Å². The molecule has 2 aromatic carbocycles. The molecule has 0 radical (unpaired) electrons. The number of methoxy groups -OCH3 is 1. The van der Waals surface area contributed by atoms with Crippen LogP contribution < -0.4 is 4.74 Å². The first kappa shape index (κ1) is 16.6. The summed E-state index contributed by atoms with van der Waals surface area (Å²) in [4.78, 5) is 20.4. The molecule has 0 aliphatic heterocycles. The first-order valence-electron chi connectivity index (χ1n) is 7.94. The molecule has 3 rings (SSSR count). The Morgan fingerprint density at radius 2 is 2.00 bits per heavy atom. The number of aromatic amines is 1. The zero-order chi connectivity index (χ0) is 17.1. The Balaban J connectivity index is 1.75. The molecule has 1 aromatic heterocycles. The fourth-order valence-corrected chi connectivity index (χ4v) is 3.41. The second-order valence-electron chi connectivity index (χ2n) is 5.60. The van der Waals surface area contributed by atoms with Gasteiger partial charge in [-0.15, -0.1) is 0 Å². The molecule has 0 spiro atoms. The lowest BCUT2D eigenvalue weighted by molar-refractivity contribution is 0.0994. The van der Waals surface area contributed by atoms with Crippen LogP contribution >= 0.6 is 11.8 Å². The predicted molar refractivity (Wildman–Crippen MR) is 98.1 cm³/mol. The van der Waals surface area contributed by atoms with Crippen LogP contribution in [-0.2, 0) is 6.42 Å². The van der Waals surface area contributed by atoms with Crippen molar-refractivity contribution in [3.8, 4) is 5.75 Å². The average Bonchev–Trinajstić information content (AvgIpc) is 3.02. The van der Waals surface area contributed by atoms with Crippen LogP contribution in [0.5, 0.6) is 5.75 Å². The quantitative estimate of drug-likeness (QED) is 0.530. The number of carbonyl (C=O) groups excluding carboxylic acids is 1. The van der Waals surface area contributed by atoms with Crippen LogP contribution in [-0.4, -0.2) is 28.1 Å². The van der Waals surface area contributed by atoms with Crippen molar-refractivity contribution in [2.75, 3.05) is 7.11 Å². The monoisotopic (exact) mass is 340 g/mol. The van der Waals surface area contributed by atoms with E-state index in [-0.39, 0.29) is 11.0 Å². The van der Waals surface area contributed by atoms with Gasteiger partial charge in [0.2, 0.25) is 0 Å². The summed E-state index contributed by atoms with van der Waals surface area (Å²) in [6.07, 6.45) is 0.973. The number of hydrogen-bond donors (Lipinski definition) is 1. The zero-order valence-corrected chi connectivity index (χ0v) is 14.8. The number of rotatable bonds is 6. The highest BCUT2D eigenvalue weighted by Crippen LogP contribution is 2.27. The molecule has 124 valence electrons. The maximum Gasteiger partial charge on any atom is 0.175 e. The summed E-state index contributed by atoms with van der Waals surface area (Å²) >= 11 is 1.44. The van der Waals surface area contributed by atoms with Gasteiger partial charge >= 0.3 is 0 Å². The highest BCUT2D eigenvalue weighted by molar-refractivity contribution is 8.00. The molecule has 0 aliphatic carbocycles. The Morgan fingerprint density at radius 1 is 1.25 bits per heavy atom. The van der Waals surface area contributed by atoms with Crippen LogP contribution in [0.3, 0.4) is 0 Å². The number of carbonyl (C=O) groups is 1. The molecular weight excluding hydrogens is 320 g/mol. The molecule has 1 heterocycles. The van der Waals surface area contributed by atoms with E-state index in [4.69, 9.17) is 4.74 Å². The SMILES string of the molecule is CCc1ccc(C(=O)[C@H](C)Sc2nc3ccc(OC)cc3[nH]2)cc1. The van der Waals surface area contributed by atoms with Crippen molar-refractivity contribution >= 4 is 28.6 Å². The second kappa shape index (κ2) is 7.09. The smallest absolute Gasteiger partial charge is 0.175 e. The van der Waals surface area contributed by atoms with Gasteiger partial charge in [0.15, 0.2) is 10.9 Å². The van der Waals surface area contributed by atoms with Crippen LogP contribution in [0.25, 0.3) is 11.0 Å². The number of ether oxygens (including phenoxy) is 1. The Labute approximate surface area is 145 Å². The predicted octanol–water partition coefficient (Wildman–Crippen LogP) is 4.50. The van der Waals surface area contributed by atoms with E-state index in [1.165, 1.54) is 17.3 Å². The number of aromatic nitrogens is 2. The third-order valence-corrected chi connectivity index (χ3v) is 4.96. The molecule has 1 N–H and O–H groups in total. The third kappa shape index (κ3) is 3.46. The lowest BCUT2D eigenvalue weighted by Gasteiger charge is -2.08. The molecule has 0 fully saturated rings. The van der Waals surface area contributed by atoms with Crippen molar-refractivity contribution < 1.29 is 9.53 Å². The number of ketones is 1. The molecule has 0 amide bonds. The van der Waals surface area contributed by atoms with Crippen molar-refractivity contribution in [1.29, 1.82) is 0 Å². The van der Waals surface area contributed by atoms with Crippen molar-refractivity contribution in [2.45, 2.75) is 30.7 Å². The maximum absolute atomic E-state index is 12.6. The Morgan fingerprint density at radius 3 is 2.67 bits per heavy atom. The number of nitrogens with one attached hydrogen (secondary N) is 1. The van der Waals surface area contributed by atoms with E-state index in [1.54, 1.807) is 7.11 Å². The van der Waals surface area contributed by atoms with Gasteiger partial charge in [0.1, 0.15) is 5.75 Å². The van der Waals surface area contributed by atoms with E-state index in [9.17, 15) is 4.79 Å². The van der Waals surface area contributed by atoms with Gasteiger partial charge in [0.25, 0.3) is 0 Å². The standard InChI is InChI=1S/C19H20N2O2S/c1-4-13-5-7-14(8-6-13)18(22)12(2)24-19-20-16-10-9-15(23-3)11-17(16)21-19/h5-12H,4H2,1-3H3,(H,20,21)/t12-/m0/s1. The van der Waals surface area contributed by atoms with Gasteiger partial charge in [0.05, 0.1) is 23.4 Å². The third-order valence-electron chi connectivity index (χ3n) is 3.97. The lowest BCUT2D eigenvalue weighted by atomic mass is 10.1. The van der Waals surface area contributed by atoms with E-state index in [1.807, 2.05) is 49.4 Å². The van der Waals surface area contributed by atoms with E-state index >= 15 is 0 Å². The van der Waals surface area contributed by atoms with Crippen LogP contribution in [0.2, 0.25) is 0 Å². The van der Waals surface area contributed by atoms with Crippen LogP contribution in [0, 0.1) is 0 Å². The molecule has 4 nitrogen and oxygen atoms in total. The molecule has 3 aromatic rings. The van der Waals surface area contributed by atoms with E-state index in [0.29, 0.717) is 0 Å². The van der Waals surface area contributed by atoms with Gasteiger partial charge in [-0.3, -0.25) is 4.79 Å². The molecule has 0 bridgehead atoms. The van der Waals surface area contributed by atoms with Crippen LogP contribution in [0.4, 0.5) is 0 Å². The van der Waals surface area contributed by atoms with Gasteiger partial charge in [-0.1, -0.05) is 43.0 Å². The highest BCUT2D eigenvalue weighted by atomic mass is 32.2. The number of fused-ring (bicyclic) bond motifs is 1. The minimum atomic E-state index is -0.208. The first-order valence-corrected chi connectivity index (χ1v) is 8.82.